The Kier molecular flexibility index (Phi) is 8.95. The van der Waals surface area contributed by atoms with Gasteiger partial charge >= 0.3 is 0 Å². The van der Waals surface area contributed by atoms with Gasteiger partial charge in [-0.3, -0.25) is 19.3 Å². The Morgan fingerprint density at radius 2 is 1.45 bits per heavy atom. The fourth-order valence-corrected chi connectivity index (χ4v) is 8.08. The molecule has 0 spiro atoms. The topological polar surface area (TPSA) is 92.3 Å². The largest absolute Gasteiger partial charge is 0.321 e. The van der Waals surface area contributed by atoms with Crippen molar-refractivity contribution < 1.29 is 14.4 Å². The summed E-state index contributed by atoms with van der Waals surface area (Å²) in [6, 6.07) is 14.3. The average molecular weight is 599 g/mol. The molecule has 4 aromatic rings. The zero-order valence-electron chi connectivity index (χ0n) is 23.6. The number of rotatable bonds is 5. The van der Waals surface area contributed by atoms with Crippen molar-refractivity contribution in [2.45, 2.75) is 87.0 Å². The molecule has 216 valence electrons. The van der Waals surface area contributed by atoms with E-state index in [-0.39, 0.29) is 30.6 Å². The van der Waals surface area contributed by atoms with Gasteiger partial charge in [-0.25, -0.2) is 9.97 Å². The summed E-state index contributed by atoms with van der Waals surface area (Å²) in [4.78, 5) is 51.4. The number of nitrogens with zero attached hydrogens (tertiary/aromatic N) is 3. The van der Waals surface area contributed by atoms with Crippen LogP contribution in [0.3, 0.4) is 0 Å². The first-order valence-corrected chi connectivity index (χ1v) is 16.5. The summed E-state index contributed by atoms with van der Waals surface area (Å²) in [7, 11) is 0. The van der Waals surface area contributed by atoms with Gasteiger partial charge < -0.3 is 5.32 Å². The van der Waals surface area contributed by atoms with Gasteiger partial charge in [0.2, 0.25) is 11.8 Å². The first-order chi connectivity index (χ1) is 20.6. The molecule has 1 fully saturated rings. The molecule has 0 bridgehead atoms. The number of aryl methyl sites for hydroxylation is 2. The Labute approximate surface area is 254 Å². The maximum atomic E-state index is 13.2. The lowest BCUT2D eigenvalue weighted by Crippen LogP contribution is -2.28. The van der Waals surface area contributed by atoms with E-state index in [2.05, 4.69) is 10.3 Å². The second-order valence-electron chi connectivity index (χ2n) is 10.9. The van der Waals surface area contributed by atoms with Crippen LogP contribution in [0.25, 0.3) is 10.2 Å². The molecule has 6 rings (SSSR count). The average Bonchev–Trinajstić information content (AvgIpc) is 3.52. The second kappa shape index (κ2) is 13.2. The van der Waals surface area contributed by atoms with Crippen molar-refractivity contribution in [1.29, 1.82) is 0 Å². The lowest BCUT2D eigenvalue weighted by Gasteiger charge is -2.15. The van der Waals surface area contributed by atoms with Gasteiger partial charge in [-0.05, 0) is 67.6 Å². The number of amides is 3. The van der Waals surface area contributed by atoms with E-state index >= 15 is 0 Å². The predicted octanol–water partition coefficient (Wildman–Crippen LogP) is 7.97. The van der Waals surface area contributed by atoms with E-state index in [0.717, 1.165) is 27.6 Å². The van der Waals surface area contributed by atoms with E-state index in [1.165, 1.54) is 72.1 Å². The number of carbonyl (C=O) groups is 3. The minimum atomic E-state index is -0.263. The van der Waals surface area contributed by atoms with E-state index in [9.17, 15) is 14.4 Å². The first-order valence-electron chi connectivity index (χ1n) is 14.9. The van der Waals surface area contributed by atoms with Gasteiger partial charge in [0.25, 0.3) is 5.91 Å². The summed E-state index contributed by atoms with van der Waals surface area (Å²) >= 11 is 3.38. The molecule has 42 heavy (non-hydrogen) atoms. The van der Waals surface area contributed by atoms with Gasteiger partial charge in [0.15, 0.2) is 0 Å². The molecule has 0 radical (unpaired) electrons. The summed E-state index contributed by atoms with van der Waals surface area (Å²) in [6.45, 7) is 0. The van der Waals surface area contributed by atoms with E-state index in [4.69, 9.17) is 4.98 Å². The second-order valence-corrected chi connectivity index (χ2v) is 13.0. The SMILES string of the molecule is O=C(Nc1ccccc1Sc1ncnc2sc3c(c12)CCCCCCCCCC3)c1ccc(N2C(=O)CCC2=O)cc1. The number of thiophene rings is 1. The number of nitrogens with one attached hydrogen (secondary N) is 1. The van der Waals surface area contributed by atoms with Crippen LogP contribution in [0.2, 0.25) is 0 Å². The minimum Gasteiger partial charge on any atom is -0.321 e. The van der Waals surface area contributed by atoms with Crippen LogP contribution in [0.5, 0.6) is 0 Å². The van der Waals surface area contributed by atoms with E-state index in [0.29, 0.717) is 16.9 Å². The van der Waals surface area contributed by atoms with Gasteiger partial charge in [0, 0.05) is 33.6 Å². The van der Waals surface area contributed by atoms with Gasteiger partial charge in [0.05, 0.1) is 11.4 Å². The van der Waals surface area contributed by atoms with Crippen LogP contribution in [-0.4, -0.2) is 27.7 Å². The van der Waals surface area contributed by atoms with Crippen molar-refractivity contribution in [3.05, 3.63) is 70.9 Å². The monoisotopic (exact) mass is 598 g/mol. The first kappa shape index (κ1) is 28.6. The number of imide groups is 1. The molecule has 1 aliphatic carbocycles. The molecule has 1 N–H and O–H groups in total. The highest BCUT2D eigenvalue weighted by molar-refractivity contribution is 7.99. The molecular formula is C33H34N4O3S2. The standard InChI is InChI=1S/C33H34N4O3S2/c38-28-19-20-29(39)37(28)23-17-15-22(16-18-23)31(40)36-25-12-9-10-14-27(25)42-33-30-24-11-7-5-3-1-2-4-6-8-13-26(24)41-32(30)34-21-35-33/h9-10,12,14-18,21H,1-8,11,13,19-20H2,(H,36,40). The molecule has 1 aliphatic heterocycles. The van der Waals surface area contributed by atoms with Crippen molar-refractivity contribution in [2.75, 3.05) is 10.2 Å². The summed E-state index contributed by atoms with van der Waals surface area (Å²) in [5.41, 5.74) is 3.05. The van der Waals surface area contributed by atoms with E-state index < -0.39 is 0 Å². The van der Waals surface area contributed by atoms with Gasteiger partial charge in [-0.1, -0.05) is 62.4 Å². The van der Waals surface area contributed by atoms with Crippen molar-refractivity contribution >= 4 is 62.4 Å². The van der Waals surface area contributed by atoms with E-state index in [1.54, 1.807) is 42.4 Å². The smallest absolute Gasteiger partial charge is 0.255 e. The minimum absolute atomic E-state index is 0.211. The summed E-state index contributed by atoms with van der Waals surface area (Å²) in [6.07, 6.45) is 14.5. The molecule has 7 nitrogen and oxygen atoms in total. The number of hydrogen-bond donors (Lipinski definition) is 1. The zero-order valence-corrected chi connectivity index (χ0v) is 25.2. The maximum absolute atomic E-state index is 13.2. The Morgan fingerprint density at radius 3 is 2.19 bits per heavy atom. The molecule has 3 heterocycles. The zero-order chi connectivity index (χ0) is 28.9. The fourth-order valence-electron chi connectivity index (χ4n) is 5.78. The summed E-state index contributed by atoms with van der Waals surface area (Å²) < 4.78 is 0. The number of benzene rings is 2. The number of carbonyl (C=O) groups excluding carboxylic acids is 3. The van der Waals surface area contributed by atoms with E-state index in [1.807, 2.05) is 35.6 Å². The number of aromatic nitrogens is 2. The highest BCUT2D eigenvalue weighted by Crippen LogP contribution is 2.41. The summed E-state index contributed by atoms with van der Waals surface area (Å²) in [5, 5.41) is 5.15. The van der Waals surface area contributed by atoms with Crippen molar-refractivity contribution in [1.82, 2.24) is 9.97 Å². The van der Waals surface area contributed by atoms with Crippen molar-refractivity contribution in [2.24, 2.45) is 0 Å². The Morgan fingerprint density at radius 1 is 0.786 bits per heavy atom. The Hall–Kier alpha value is -3.56. The normalized spacial score (nSPS) is 16.6. The number of anilines is 2. The third-order valence-corrected chi connectivity index (χ3v) is 10.3. The fraction of sp³-hybridized carbons (Fsp3) is 0.364. The lowest BCUT2D eigenvalue weighted by atomic mass is 9.99. The molecule has 0 unspecified atom stereocenters. The molecule has 0 atom stereocenters. The predicted molar refractivity (Wildman–Crippen MR) is 168 cm³/mol. The van der Waals surface area contributed by atoms with Gasteiger partial charge in [-0.2, -0.15) is 0 Å². The highest BCUT2D eigenvalue weighted by Gasteiger charge is 2.30. The van der Waals surface area contributed by atoms with Crippen LogP contribution in [0.4, 0.5) is 11.4 Å². The molecule has 2 aliphatic rings. The molecule has 1 saturated heterocycles. The lowest BCUT2D eigenvalue weighted by molar-refractivity contribution is -0.121. The number of hydrogen-bond acceptors (Lipinski definition) is 7. The molecular weight excluding hydrogens is 565 g/mol. The maximum Gasteiger partial charge on any atom is 0.255 e. The Balaban J connectivity index is 1.24. The van der Waals surface area contributed by atoms with Gasteiger partial charge in [-0.15, -0.1) is 11.3 Å². The van der Waals surface area contributed by atoms with Gasteiger partial charge in [0.1, 0.15) is 16.2 Å². The summed E-state index contributed by atoms with van der Waals surface area (Å²) in [5.74, 6) is -0.685. The van der Waals surface area contributed by atoms with Crippen molar-refractivity contribution in [3.8, 4) is 0 Å². The number of para-hydroxylation sites is 1. The van der Waals surface area contributed by atoms with Crippen LogP contribution in [0.15, 0.2) is 64.8 Å². The highest BCUT2D eigenvalue weighted by atomic mass is 32.2. The molecule has 2 aromatic carbocycles. The number of fused-ring (bicyclic) bond motifs is 3. The molecule has 0 saturated carbocycles. The molecule has 9 heteroatoms. The quantitative estimate of drug-likeness (QED) is 0.185. The van der Waals surface area contributed by atoms with Crippen LogP contribution >= 0.6 is 23.1 Å². The van der Waals surface area contributed by atoms with Crippen molar-refractivity contribution in [3.63, 3.8) is 0 Å². The van der Waals surface area contributed by atoms with Crippen LogP contribution < -0.4 is 10.2 Å². The third kappa shape index (κ3) is 6.27. The van der Waals surface area contributed by atoms with Crippen LogP contribution in [-0.2, 0) is 22.4 Å². The van der Waals surface area contributed by atoms with Crippen LogP contribution in [0, 0.1) is 0 Å². The molecule has 3 amide bonds. The Bertz CT molecular complexity index is 1600. The molecule has 2 aromatic heterocycles. The van der Waals surface area contributed by atoms with Crippen LogP contribution in [0.1, 0.15) is 85.0 Å². The third-order valence-electron chi connectivity index (χ3n) is 8.00.